The Morgan fingerprint density at radius 1 is 1.16 bits per heavy atom. The van der Waals surface area contributed by atoms with Crippen LogP contribution in [0.3, 0.4) is 0 Å². The van der Waals surface area contributed by atoms with Gasteiger partial charge in [-0.3, -0.25) is 0 Å². The maximum Gasteiger partial charge on any atom is 0.146 e. The first-order chi connectivity index (χ1) is 9.22. The largest absolute Gasteiger partial charge is 0.379 e. The highest BCUT2D eigenvalue weighted by Crippen LogP contribution is 2.40. The fraction of sp³-hybridized carbons (Fsp3) is 0.294. The van der Waals surface area contributed by atoms with Crippen molar-refractivity contribution in [3.05, 3.63) is 65.0 Å². The van der Waals surface area contributed by atoms with E-state index in [1.54, 1.807) is 6.07 Å². The first-order valence-electron chi connectivity index (χ1n) is 6.81. The Morgan fingerprint density at radius 3 is 2.79 bits per heavy atom. The van der Waals surface area contributed by atoms with E-state index in [4.69, 9.17) is 0 Å². The van der Waals surface area contributed by atoms with Crippen molar-refractivity contribution in [3.8, 4) is 0 Å². The predicted octanol–water partition coefficient (Wildman–Crippen LogP) is 4.62. The van der Waals surface area contributed by atoms with Crippen molar-refractivity contribution >= 4 is 5.69 Å². The Labute approximate surface area is 113 Å². The monoisotopic (exact) mass is 255 g/mol. The Hall–Kier alpha value is -1.83. The summed E-state index contributed by atoms with van der Waals surface area (Å²) in [7, 11) is 0. The smallest absolute Gasteiger partial charge is 0.146 e. The lowest BCUT2D eigenvalue weighted by Crippen LogP contribution is -2.02. The van der Waals surface area contributed by atoms with Crippen LogP contribution in [0.1, 0.15) is 35.4 Å². The van der Waals surface area contributed by atoms with Crippen molar-refractivity contribution < 1.29 is 4.39 Å². The molecule has 0 aliphatic heterocycles. The van der Waals surface area contributed by atoms with Crippen LogP contribution < -0.4 is 5.32 Å². The summed E-state index contributed by atoms with van der Waals surface area (Å²) in [5, 5.41) is 3.18. The van der Waals surface area contributed by atoms with Crippen LogP contribution in [0.25, 0.3) is 0 Å². The molecule has 98 valence electrons. The topological polar surface area (TPSA) is 12.0 Å². The molecule has 19 heavy (non-hydrogen) atoms. The Balaban J connectivity index is 1.71. The highest BCUT2D eigenvalue weighted by Gasteiger charge is 2.23. The van der Waals surface area contributed by atoms with Gasteiger partial charge in [-0.1, -0.05) is 30.3 Å². The van der Waals surface area contributed by atoms with E-state index in [1.807, 2.05) is 13.0 Å². The molecule has 1 nitrogen and oxygen atoms in total. The van der Waals surface area contributed by atoms with Crippen molar-refractivity contribution in [2.45, 2.75) is 32.2 Å². The zero-order valence-corrected chi connectivity index (χ0v) is 11.1. The fourth-order valence-electron chi connectivity index (χ4n) is 2.35. The molecule has 2 aromatic rings. The summed E-state index contributed by atoms with van der Waals surface area (Å²) in [5.74, 6) is 0.569. The molecule has 1 aliphatic rings. The van der Waals surface area contributed by atoms with Gasteiger partial charge in [0.05, 0.1) is 5.69 Å². The number of benzene rings is 2. The third-order valence-electron chi connectivity index (χ3n) is 3.60. The van der Waals surface area contributed by atoms with Gasteiger partial charge in [-0.25, -0.2) is 4.39 Å². The number of rotatable bonds is 4. The van der Waals surface area contributed by atoms with Gasteiger partial charge in [0.25, 0.3) is 0 Å². The average molecular weight is 255 g/mol. The lowest BCUT2D eigenvalue weighted by atomic mass is 10.1. The van der Waals surface area contributed by atoms with Crippen molar-refractivity contribution in [1.82, 2.24) is 0 Å². The second-order valence-electron chi connectivity index (χ2n) is 5.36. The summed E-state index contributed by atoms with van der Waals surface area (Å²) in [6.45, 7) is 2.64. The van der Waals surface area contributed by atoms with Crippen LogP contribution in [0.15, 0.2) is 42.5 Å². The third-order valence-corrected chi connectivity index (χ3v) is 3.60. The maximum atomic E-state index is 13.6. The van der Waals surface area contributed by atoms with Crippen LogP contribution in [0.5, 0.6) is 0 Å². The quantitative estimate of drug-likeness (QED) is 0.840. The van der Waals surface area contributed by atoms with E-state index in [0.29, 0.717) is 12.2 Å². The van der Waals surface area contributed by atoms with Crippen molar-refractivity contribution in [2.24, 2.45) is 0 Å². The highest BCUT2D eigenvalue weighted by atomic mass is 19.1. The number of halogens is 1. The van der Waals surface area contributed by atoms with Gasteiger partial charge in [0.1, 0.15) is 5.82 Å². The zero-order valence-electron chi connectivity index (χ0n) is 11.1. The van der Waals surface area contributed by atoms with Gasteiger partial charge in [-0.2, -0.15) is 0 Å². The van der Waals surface area contributed by atoms with Crippen molar-refractivity contribution in [3.63, 3.8) is 0 Å². The maximum absolute atomic E-state index is 13.6. The first kappa shape index (κ1) is 12.2. The standard InChI is InChI=1S/C17H18FN/c1-12-5-8-16(18)17(9-12)19-11-13-3-2-4-15(10-13)14-6-7-14/h2-5,8-10,14,19H,6-7,11H2,1H3. The number of hydrogen-bond acceptors (Lipinski definition) is 1. The van der Waals surface area contributed by atoms with Gasteiger partial charge >= 0.3 is 0 Å². The van der Waals surface area contributed by atoms with Gasteiger partial charge in [-0.15, -0.1) is 0 Å². The normalized spacial score (nSPS) is 14.4. The van der Waals surface area contributed by atoms with Gasteiger partial charge in [0.15, 0.2) is 0 Å². The first-order valence-corrected chi connectivity index (χ1v) is 6.81. The highest BCUT2D eigenvalue weighted by molar-refractivity contribution is 5.47. The second kappa shape index (κ2) is 5.04. The third kappa shape index (κ3) is 2.95. The van der Waals surface area contributed by atoms with Crippen LogP contribution in [0.2, 0.25) is 0 Å². The minimum absolute atomic E-state index is 0.191. The SMILES string of the molecule is Cc1ccc(F)c(NCc2cccc(C3CC3)c2)c1. The van der Waals surface area contributed by atoms with E-state index in [9.17, 15) is 4.39 Å². The molecule has 1 aliphatic carbocycles. The molecule has 0 heterocycles. The molecule has 2 heteroatoms. The van der Waals surface area contributed by atoms with Crippen LogP contribution >= 0.6 is 0 Å². The van der Waals surface area contributed by atoms with Crippen LogP contribution in [0.4, 0.5) is 10.1 Å². The molecular formula is C17H18FN. The minimum Gasteiger partial charge on any atom is -0.379 e. The molecule has 0 bridgehead atoms. The number of nitrogens with one attached hydrogen (secondary N) is 1. The Bertz CT molecular complexity index is 588. The Kier molecular flexibility index (Phi) is 3.24. The van der Waals surface area contributed by atoms with E-state index >= 15 is 0 Å². The molecule has 0 aromatic heterocycles. The van der Waals surface area contributed by atoms with Gasteiger partial charge in [0.2, 0.25) is 0 Å². The summed E-state index contributed by atoms with van der Waals surface area (Å²) in [6, 6.07) is 13.8. The molecule has 0 amide bonds. The van der Waals surface area contributed by atoms with E-state index < -0.39 is 0 Å². The molecule has 1 N–H and O–H groups in total. The molecule has 3 rings (SSSR count). The van der Waals surface area contributed by atoms with Gasteiger partial charge in [-0.05, 0) is 54.5 Å². The molecule has 0 unspecified atom stereocenters. The van der Waals surface area contributed by atoms with Crippen LogP contribution in [-0.2, 0) is 6.54 Å². The van der Waals surface area contributed by atoms with Gasteiger partial charge < -0.3 is 5.32 Å². The number of anilines is 1. The van der Waals surface area contributed by atoms with E-state index in [1.165, 1.54) is 30.0 Å². The summed E-state index contributed by atoms with van der Waals surface area (Å²) in [4.78, 5) is 0. The molecule has 1 fully saturated rings. The van der Waals surface area contributed by atoms with E-state index in [-0.39, 0.29) is 5.82 Å². The Morgan fingerprint density at radius 2 is 2.00 bits per heavy atom. The predicted molar refractivity (Wildman–Crippen MR) is 76.9 cm³/mol. The number of hydrogen-bond donors (Lipinski definition) is 1. The van der Waals surface area contributed by atoms with Gasteiger partial charge in [0, 0.05) is 6.54 Å². The molecule has 0 radical (unpaired) electrons. The summed E-state index contributed by atoms with van der Waals surface area (Å²) in [6.07, 6.45) is 2.62. The lowest BCUT2D eigenvalue weighted by molar-refractivity contribution is 0.629. The zero-order chi connectivity index (χ0) is 13.2. The molecule has 2 aromatic carbocycles. The minimum atomic E-state index is -0.191. The molecular weight excluding hydrogens is 237 g/mol. The molecule has 0 saturated heterocycles. The fourth-order valence-corrected chi connectivity index (χ4v) is 2.35. The van der Waals surface area contributed by atoms with Crippen LogP contribution in [0, 0.1) is 12.7 Å². The van der Waals surface area contributed by atoms with Crippen molar-refractivity contribution in [2.75, 3.05) is 5.32 Å². The summed E-state index contributed by atoms with van der Waals surface area (Å²) >= 11 is 0. The molecule has 1 saturated carbocycles. The van der Waals surface area contributed by atoms with Crippen molar-refractivity contribution in [1.29, 1.82) is 0 Å². The summed E-state index contributed by atoms with van der Waals surface area (Å²) < 4.78 is 13.6. The summed E-state index contributed by atoms with van der Waals surface area (Å²) in [5.41, 5.74) is 4.28. The van der Waals surface area contributed by atoms with E-state index in [0.717, 1.165) is 11.5 Å². The van der Waals surface area contributed by atoms with Crippen LogP contribution in [-0.4, -0.2) is 0 Å². The average Bonchev–Trinajstić information content (AvgIpc) is 3.25. The number of aryl methyl sites for hydroxylation is 1. The van der Waals surface area contributed by atoms with E-state index in [2.05, 4.69) is 29.6 Å². The molecule has 0 atom stereocenters. The lowest BCUT2D eigenvalue weighted by Gasteiger charge is -2.09. The molecule has 0 spiro atoms. The second-order valence-corrected chi connectivity index (χ2v) is 5.36.